The predicted molar refractivity (Wildman–Crippen MR) is 79.8 cm³/mol. The van der Waals surface area contributed by atoms with Gasteiger partial charge < -0.3 is 24.7 Å². The summed E-state index contributed by atoms with van der Waals surface area (Å²) in [6.45, 7) is 5.82. The molecule has 0 saturated heterocycles. The molecule has 0 bridgehead atoms. The Morgan fingerprint density at radius 3 is 2.05 bits per heavy atom. The first-order chi connectivity index (χ1) is 9.57. The molecular weight excluding hydrogens is 260 g/mol. The zero-order valence-corrected chi connectivity index (χ0v) is 13.7. The Balaban J connectivity index is 4.72. The lowest BCUT2D eigenvalue weighted by molar-refractivity contribution is -0.129. The van der Waals surface area contributed by atoms with Crippen molar-refractivity contribution in [1.82, 2.24) is 4.90 Å². The highest BCUT2D eigenvalue weighted by Gasteiger charge is 2.33. The van der Waals surface area contributed by atoms with Crippen molar-refractivity contribution < 1.29 is 18.9 Å². The summed E-state index contributed by atoms with van der Waals surface area (Å²) in [4.78, 5) is 2.33. The van der Waals surface area contributed by atoms with Crippen molar-refractivity contribution in [3.63, 3.8) is 0 Å². The predicted octanol–water partition coefficient (Wildman–Crippen LogP) is 0.698. The van der Waals surface area contributed by atoms with Crippen molar-refractivity contribution in [1.29, 1.82) is 0 Å². The number of nitrogens with two attached hydrogens (primary N) is 1. The highest BCUT2D eigenvalue weighted by Crippen LogP contribution is 2.22. The van der Waals surface area contributed by atoms with Crippen LogP contribution in [0.15, 0.2) is 0 Å². The molecule has 1 atom stereocenters. The minimum atomic E-state index is -0.254. The van der Waals surface area contributed by atoms with E-state index in [0.29, 0.717) is 19.6 Å². The molecule has 0 amide bonds. The van der Waals surface area contributed by atoms with E-state index in [9.17, 15) is 0 Å². The number of hydrogen-bond donors (Lipinski definition) is 1. The molecule has 0 spiro atoms. The minimum Gasteiger partial charge on any atom is -0.385 e. The summed E-state index contributed by atoms with van der Waals surface area (Å²) in [6.07, 6.45) is 1.42. The van der Waals surface area contributed by atoms with E-state index >= 15 is 0 Å². The Hall–Kier alpha value is -0.240. The average Bonchev–Trinajstić information content (AvgIpc) is 2.48. The lowest BCUT2D eigenvalue weighted by Crippen LogP contribution is -2.55. The fraction of sp³-hybridized carbons (Fsp3) is 1.00. The summed E-state index contributed by atoms with van der Waals surface area (Å²) in [5, 5.41) is 0. The molecule has 20 heavy (non-hydrogen) atoms. The highest BCUT2D eigenvalue weighted by molar-refractivity contribution is 4.88. The third-order valence-corrected chi connectivity index (χ3v) is 3.68. The van der Waals surface area contributed by atoms with Crippen LogP contribution in [-0.2, 0) is 18.9 Å². The maximum atomic E-state index is 6.02. The van der Waals surface area contributed by atoms with Crippen molar-refractivity contribution in [3.8, 4) is 0 Å². The van der Waals surface area contributed by atoms with E-state index in [0.717, 1.165) is 26.1 Å². The highest BCUT2D eigenvalue weighted by atomic mass is 16.7. The van der Waals surface area contributed by atoms with Gasteiger partial charge >= 0.3 is 0 Å². The molecule has 0 aliphatic heterocycles. The lowest BCUT2D eigenvalue weighted by Gasteiger charge is -2.42. The molecule has 122 valence electrons. The summed E-state index contributed by atoms with van der Waals surface area (Å²) >= 11 is 0. The fourth-order valence-corrected chi connectivity index (χ4v) is 2.22. The molecule has 6 nitrogen and oxygen atoms in total. The van der Waals surface area contributed by atoms with E-state index in [1.807, 2.05) is 0 Å². The van der Waals surface area contributed by atoms with Crippen LogP contribution in [0.3, 0.4) is 0 Å². The quantitative estimate of drug-likeness (QED) is 0.398. The normalized spacial score (nSPS) is 15.0. The SMILES string of the molecule is COCCCN(CCOC)C(C)(CN)CC(OC)OC. The molecule has 0 fully saturated rings. The maximum Gasteiger partial charge on any atom is 0.158 e. The van der Waals surface area contributed by atoms with Gasteiger partial charge in [0.1, 0.15) is 0 Å². The molecular formula is C14H32N2O4. The van der Waals surface area contributed by atoms with Crippen LogP contribution >= 0.6 is 0 Å². The van der Waals surface area contributed by atoms with E-state index in [1.165, 1.54) is 0 Å². The zero-order chi connectivity index (χ0) is 15.4. The summed E-state index contributed by atoms with van der Waals surface area (Å²) in [5.74, 6) is 0. The fourth-order valence-electron chi connectivity index (χ4n) is 2.22. The van der Waals surface area contributed by atoms with Gasteiger partial charge in [-0.05, 0) is 13.3 Å². The molecule has 0 heterocycles. The van der Waals surface area contributed by atoms with Gasteiger partial charge in [0, 0.05) is 66.6 Å². The second-order valence-corrected chi connectivity index (χ2v) is 5.13. The van der Waals surface area contributed by atoms with Gasteiger partial charge in [-0.3, -0.25) is 4.90 Å². The topological polar surface area (TPSA) is 66.2 Å². The monoisotopic (exact) mass is 292 g/mol. The van der Waals surface area contributed by atoms with E-state index in [4.69, 9.17) is 24.7 Å². The van der Waals surface area contributed by atoms with Crippen molar-refractivity contribution in [3.05, 3.63) is 0 Å². The van der Waals surface area contributed by atoms with Crippen LogP contribution < -0.4 is 5.73 Å². The summed E-state index contributed by atoms with van der Waals surface area (Å²) in [6, 6.07) is 0. The van der Waals surface area contributed by atoms with Crippen LogP contribution in [0.2, 0.25) is 0 Å². The summed E-state index contributed by atoms with van der Waals surface area (Å²) in [5.41, 5.74) is 5.83. The van der Waals surface area contributed by atoms with Crippen molar-refractivity contribution in [2.75, 3.05) is 61.3 Å². The molecule has 0 radical (unpaired) electrons. The lowest BCUT2D eigenvalue weighted by atomic mass is 9.94. The number of rotatable bonds is 13. The Kier molecular flexibility index (Phi) is 11.3. The second kappa shape index (κ2) is 11.4. The molecule has 2 N–H and O–H groups in total. The number of nitrogens with zero attached hydrogens (tertiary/aromatic N) is 1. The molecule has 0 aromatic rings. The summed E-state index contributed by atoms with van der Waals surface area (Å²) in [7, 11) is 6.72. The maximum absolute atomic E-state index is 6.02. The molecule has 6 heteroatoms. The van der Waals surface area contributed by atoms with Crippen molar-refractivity contribution >= 4 is 0 Å². The smallest absolute Gasteiger partial charge is 0.158 e. The van der Waals surface area contributed by atoms with Crippen LogP contribution in [0.4, 0.5) is 0 Å². The van der Waals surface area contributed by atoms with Crippen molar-refractivity contribution in [2.24, 2.45) is 5.73 Å². The number of ether oxygens (including phenoxy) is 4. The van der Waals surface area contributed by atoms with Crippen LogP contribution in [-0.4, -0.2) is 78.0 Å². The van der Waals surface area contributed by atoms with E-state index in [1.54, 1.807) is 28.4 Å². The van der Waals surface area contributed by atoms with Gasteiger partial charge in [-0.25, -0.2) is 0 Å². The largest absolute Gasteiger partial charge is 0.385 e. The molecule has 1 unspecified atom stereocenters. The van der Waals surface area contributed by atoms with Crippen LogP contribution in [0.1, 0.15) is 19.8 Å². The third-order valence-electron chi connectivity index (χ3n) is 3.68. The van der Waals surface area contributed by atoms with Gasteiger partial charge in [0.05, 0.1) is 6.61 Å². The van der Waals surface area contributed by atoms with Crippen LogP contribution in [0.5, 0.6) is 0 Å². The first-order valence-corrected chi connectivity index (χ1v) is 7.06. The zero-order valence-electron chi connectivity index (χ0n) is 13.7. The number of methoxy groups -OCH3 is 4. The Bertz CT molecular complexity index is 227. The van der Waals surface area contributed by atoms with Crippen molar-refractivity contribution in [2.45, 2.75) is 31.6 Å². The average molecular weight is 292 g/mol. The summed E-state index contributed by atoms with van der Waals surface area (Å²) < 4.78 is 21.0. The standard InChI is InChI=1S/C14H32N2O4/c1-14(12-15,11-13(19-4)20-5)16(8-10-18-3)7-6-9-17-2/h13H,6-12,15H2,1-5H3. The van der Waals surface area contributed by atoms with Crippen LogP contribution in [0.25, 0.3) is 0 Å². The van der Waals surface area contributed by atoms with E-state index in [2.05, 4.69) is 11.8 Å². The Labute approximate surface area is 123 Å². The first kappa shape index (κ1) is 19.8. The van der Waals surface area contributed by atoms with Gasteiger partial charge in [-0.2, -0.15) is 0 Å². The minimum absolute atomic E-state index is 0.192. The molecule has 0 aromatic carbocycles. The Morgan fingerprint density at radius 2 is 1.60 bits per heavy atom. The molecule has 0 aliphatic carbocycles. The Morgan fingerprint density at radius 1 is 1.00 bits per heavy atom. The third kappa shape index (κ3) is 6.97. The molecule has 0 saturated carbocycles. The molecule has 0 aromatic heterocycles. The molecule has 0 rings (SSSR count). The van der Waals surface area contributed by atoms with Gasteiger partial charge in [-0.1, -0.05) is 0 Å². The van der Waals surface area contributed by atoms with Gasteiger partial charge in [0.2, 0.25) is 0 Å². The van der Waals surface area contributed by atoms with Gasteiger partial charge in [0.15, 0.2) is 6.29 Å². The van der Waals surface area contributed by atoms with Gasteiger partial charge in [-0.15, -0.1) is 0 Å². The van der Waals surface area contributed by atoms with E-state index in [-0.39, 0.29) is 11.8 Å². The molecule has 0 aliphatic rings. The van der Waals surface area contributed by atoms with Crippen LogP contribution in [0, 0.1) is 0 Å². The first-order valence-electron chi connectivity index (χ1n) is 7.06. The number of hydrogen-bond acceptors (Lipinski definition) is 6. The van der Waals surface area contributed by atoms with E-state index < -0.39 is 0 Å². The van der Waals surface area contributed by atoms with Gasteiger partial charge in [0.25, 0.3) is 0 Å². The second-order valence-electron chi connectivity index (χ2n) is 5.13.